The summed E-state index contributed by atoms with van der Waals surface area (Å²) >= 11 is 0. The Kier molecular flexibility index (Phi) is 7.57. The fourth-order valence-corrected chi connectivity index (χ4v) is 4.35. The molecule has 0 aliphatic carbocycles. The van der Waals surface area contributed by atoms with Crippen LogP contribution in [0.1, 0.15) is 17.5 Å². The Bertz CT molecular complexity index is 654. The van der Waals surface area contributed by atoms with Crippen LogP contribution in [0.3, 0.4) is 0 Å². The van der Waals surface area contributed by atoms with Gasteiger partial charge in [0, 0.05) is 78.1 Å². The van der Waals surface area contributed by atoms with Crippen molar-refractivity contribution >= 4 is 11.6 Å². The first kappa shape index (κ1) is 20.9. The molecule has 1 unspecified atom stereocenters. The summed E-state index contributed by atoms with van der Waals surface area (Å²) in [5.74, 6) is 1.66. The fourth-order valence-electron chi connectivity index (χ4n) is 4.35. The van der Waals surface area contributed by atoms with Crippen LogP contribution in [0.15, 0.2) is 23.2 Å². The Labute approximate surface area is 170 Å². The third kappa shape index (κ3) is 5.17. The molecule has 0 aromatic heterocycles. The molecule has 2 saturated heterocycles. The van der Waals surface area contributed by atoms with Crippen molar-refractivity contribution in [2.45, 2.75) is 20.3 Å². The Morgan fingerprint density at radius 2 is 1.96 bits per heavy atom. The Balaban J connectivity index is 1.40. The minimum Gasteiger partial charge on any atom is -0.384 e. The van der Waals surface area contributed by atoms with Crippen LogP contribution < -0.4 is 10.2 Å². The minimum absolute atomic E-state index is 0.627. The van der Waals surface area contributed by atoms with Crippen molar-refractivity contribution in [3.63, 3.8) is 0 Å². The lowest BCUT2D eigenvalue weighted by Gasteiger charge is -2.37. The molecule has 2 fully saturated rings. The summed E-state index contributed by atoms with van der Waals surface area (Å²) in [6.07, 6.45) is 1.19. The molecule has 0 spiro atoms. The molecule has 3 rings (SSSR count). The lowest BCUT2D eigenvalue weighted by Crippen LogP contribution is -2.49. The number of nitrogens with one attached hydrogen (secondary N) is 1. The van der Waals surface area contributed by atoms with Gasteiger partial charge in [0.25, 0.3) is 0 Å². The van der Waals surface area contributed by atoms with Crippen molar-refractivity contribution in [2.24, 2.45) is 10.9 Å². The van der Waals surface area contributed by atoms with Crippen LogP contribution in [0.25, 0.3) is 0 Å². The van der Waals surface area contributed by atoms with E-state index in [9.17, 15) is 0 Å². The molecular formula is C22H37N5O. The van der Waals surface area contributed by atoms with Crippen molar-refractivity contribution in [3.05, 3.63) is 29.3 Å². The van der Waals surface area contributed by atoms with Crippen LogP contribution in [0.5, 0.6) is 0 Å². The molecule has 28 heavy (non-hydrogen) atoms. The zero-order valence-corrected chi connectivity index (χ0v) is 18.1. The number of likely N-dealkylation sites (tertiary alicyclic amines) is 1. The lowest BCUT2D eigenvalue weighted by atomic mass is 10.1. The standard InChI is InChI=1S/C22H37N5O/c1-18-6-5-7-21(19(18)2)26-14-12-25(13-15-26)11-9-24-22(23-3)27-10-8-20(16-27)17-28-4/h5-7,20H,8-17H2,1-4H3,(H,23,24). The van der Waals surface area contributed by atoms with E-state index < -0.39 is 0 Å². The molecule has 2 aliphatic rings. The third-order valence-corrected chi connectivity index (χ3v) is 6.20. The van der Waals surface area contributed by atoms with E-state index in [1.165, 1.54) is 23.2 Å². The van der Waals surface area contributed by atoms with E-state index in [0.29, 0.717) is 5.92 Å². The van der Waals surface area contributed by atoms with Crippen molar-refractivity contribution in [2.75, 3.05) is 78.0 Å². The summed E-state index contributed by atoms with van der Waals surface area (Å²) in [6, 6.07) is 6.64. The maximum atomic E-state index is 5.30. The first-order chi connectivity index (χ1) is 13.6. The van der Waals surface area contributed by atoms with Crippen LogP contribution in [-0.4, -0.2) is 88.9 Å². The van der Waals surface area contributed by atoms with E-state index in [4.69, 9.17) is 4.74 Å². The highest BCUT2D eigenvalue weighted by atomic mass is 16.5. The second-order valence-corrected chi connectivity index (χ2v) is 8.08. The number of guanidine groups is 1. The number of aryl methyl sites for hydroxylation is 1. The molecule has 0 amide bonds. The Hall–Kier alpha value is -1.79. The van der Waals surface area contributed by atoms with Gasteiger partial charge in [0.15, 0.2) is 5.96 Å². The van der Waals surface area contributed by atoms with E-state index in [1.807, 2.05) is 7.05 Å². The predicted molar refractivity (Wildman–Crippen MR) is 117 cm³/mol. The molecule has 2 heterocycles. The van der Waals surface area contributed by atoms with Crippen LogP contribution in [-0.2, 0) is 4.74 Å². The number of ether oxygens (including phenoxy) is 1. The largest absolute Gasteiger partial charge is 0.384 e. The molecule has 0 radical (unpaired) electrons. The van der Waals surface area contributed by atoms with Gasteiger partial charge in [-0.2, -0.15) is 0 Å². The highest BCUT2D eigenvalue weighted by Gasteiger charge is 2.25. The molecule has 1 N–H and O–H groups in total. The molecule has 156 valence electrons. The number of methoxy groups -OCH3 is 1. The smallest absolute Gasteiger partial charge is 0.193 e. The van der Waals surface area contributed by atoms with Gasteiger partial charge in [0.1, 0.15) is 0 Å². The van der Waals surface area contributed by atoms with Gasteiger partial charge in [-0.1, -0.05) is 12.1 Å². The highest BCUT2D eigenvalue weighted by molar-refractivity contribution is 5.80. The number of anilines is 1. The number of hydrogen-bond donors (Lipinski definition) is 1. The predicted octanol–water partition coefficient (Wildman–Crippen LogP) is 1.97. The average Bonchev–Trinajstić information content (AvgIpc) is 3.17. The van der Waals surface area contributed by atoms with Gasteiger partial charge in [-0.05, 0) is 37.5 Å². The van der Waals surface area contributed by atoms with E-state index in [0.717, 1.165) is 64.9 Å². The average molecular weight is 388 g/mol. The first-order valence-electron chi connectivity index (χ1n) is 10.6. The zero-order chi connectivity index (χ0) is 19.9. The second-order valence-electron chi connectivity index (χ2n) is 8.08. The molecule has 0 bridgehead atoms. The number of nitrogens with zero attached hydrogens (tertiary/aromatic N) is 4. The third-order valence-electron chi connectivity index (χ3n) is 6.20. The van der Waals surface area contributed by atoms with E-state index in [2.05, 4.69) is 57.1 Å². The summed E-state index contributed by atoms with van der Waals surface area (Å²) in [6.45, 7) is 13.8. The lowest BCUT2D eigenvalue weighted by molar-refractivity contribution is 0.157. The van der Waals surface area contributed by atoms with Crippen molar-refractivity contribution in [1.82, 2.24) is 15.1 Å². The molecular weight excluding hydrogens is 350 g/mol. The van der Waals surface area contributed by atoms with Gasteiger partial charge in [-0.15, -0.1) is 0 Å². The molecule has 2 aliphatic heterocycles. The minimum atomic E-state index is 0.627. The van der Waals surface area contributed by atoms with E-state index in [-0.39, 0.29) is 0 Å². The number of piperazine rings is 1. The number of benzene rings is 1. The van der Waals surface area contributed by atoms with Crippen LogP contribution in [0, 0.1) is 19.8 Å². The maximum absolute atomic E-state index is 5.30. The highest BCUT2D eigenvalue weighted by Crippen LogP contribution is 2.23. The number of hydrogen-bond acceptors (Lipinski definition) is 4. The first-order valence-corrected chi connectivity index (χ1v) is 10.6. The van der Waals surface area contributed by atoms with Crippen molar-refractivity contribution in [1.29, 1.82) is 0 Å². The Morgan fingerprint density at radius 3 is 2.68 bits per heavy atom. The molecule has 1 atom stereocenters. The second kappa shape index (κ2) is 10.1. The van der Waals surface area contributed by atoms with Crippen LogP contribution in [0.4, 0.5) is 5.69 Å². The van der Waals surface area contributed by atoms with Gasteiger partial charge in [0.05, 0.1) is 6.61 Å². The van der Waals surface area contributed by atoms with E-state index in [1.54, 1.807) is 7.11 Å². The van der Waals surface area contributed by atoms with Crippen molar-refractivity contribution in [3.8, 4) is 0 Å². The van der Waals surface area contributed by atoms with Gasteiger partial charge in [-0.3, -0.25) is 9.89 Å². The topological polar surface area (TPSA) is 43.3 Å². The SMILES string of the molecule is CN=C(NCCN1CCN(c2cccc(C)c2C)CC1)N1CCC(COC)C1. The molecule has 6 heteroatoms. The summed E-state index contributed by atoms with van der Waals surface area (Å²) < 4.78 is 5.30. The summed E-state index contributed by atoms with van der Waals surface area (Å²) in [4.78, 5) is 11.9. The molecule has 0 saturated carbocycles. The summed E-state index contributed by atoms with van der Waals surface area (Å²) in [5.41, 5.74) is 4.20. The Morgan fingerprint density at radius 1 is 1.18 bits per heavy atom. The monoisotopic (exact) mass is 387 g/mol. The normalized spacial score (nSPS) is 21.4. The van der Waals surface area contributed by atoms with Crippen LogP contribution >= 0.6 is 0 Å². The summed E-state index contributed by atoms with van der Waals surface area (Å²) in [5, 5.41) is 3.56. The maximum Gasteiger partial charge on any atom is 0.193 e. The summed E-state index contributed by atoms with van der Waals surface area (Å²) in [7, 11) is 3.67. The van der Waals surface area contributed by atoms with Gasteiger partial charge >= 0.3 is 0 Å². The van der Waals surface area contributed by atoms with Crippen molar-refractivity contribution < 1.29 is 4.74 Å². The fraction of sp³-hybridized carbons (Fsp3) is 0.682. The molecule has 1 aromatic carbocycles. The molecule has 6 nitrogen and oxygen atoms in total. The zero-order valence-electron chi connectivity index (χ0n) is 18.1. The van der Waals surface area contributed by atoms with E-state index >= 15 is 0 Å². The number of rotatable bonds is 6. The van der Waals surface area contributed by atoms with Gasteiger partial charge in [-0.25, -0.2) is 0 Å². The number of aliphatic imine (C=N–C) groups is 1. The van der Waals surface area contributed by atoms with Crippen LogP contribution in [0.2, 0.25) is 0 Å². The quantitative estimate of drug-likeness (QED) is 0.597. The molecule has 1 aromatic rings. The van der Waals surface area contributed by atoms with Gasteiger partial charge in [0.2, 0.25) is 0 Å². The van der Waals surface area contributed by atoms with Gasteiger partial charge < -0.3 is 19.9 Å².